The molecule has 0 aromatic heterocycles. The minimum atomic E-state index is -6.13. The number of nitriles is 2. The Hall–Kier alpha value is -5.67. The van der Waals surface area contributed by atoms with Gasteiger partial charge in [0.1, 0.15) is 29.6 Å². The molecule has 0 saturated carbocycles. The summed E-state index contributed by atoms with van der Waals surface area (Å²) in [5.74, 6) is 0.905. The monoisotopic (exact) mass is 1100 g/mol. The molecule has 4 aromatic carbocycles. The molecule has 0 atom stereocenters. The van der Waals surface area contributed by atoms with Gasteiger partial charge in [-0.1, -0.05) is 74.7 Å². The van der Waals surface area contributed by atoms with E-state index in [1.165, 1.54) is 19.3 Å². The van der Waals surface area contributed by atoms with Crippen LogP contribution in [0.4, 0.5) is 105 Å². The lowest BCUT2D eigenvalue weighted by molar-refractivity contribution is -0.144. The van der Waals surface area contributed by atoms with Crippen LogP contribution in [0.5, 0.6) is 0 Å². The van der Waals surface area contributed by atoms with Gasteiger partial charge in [0.2, 0.25) is 0 Å². The summed E-state index contributed by atoms with van der Waals surface area (Å²) in [6, 6.07) is -4.77. The second kappa shape index (κ2) is 22.0. The molecule has 4 aromatic rings. The Kier molecular flexibility index (Phi) is 18.6. The van der Waals surface area contributed by atoms with Gasteiger partial charge in [-0.25, -0.2) is 0 Å². The Morgan fingerprint density at radius 1 is 0.384 bits per heavy atom. The maximum absolute atomic E-state index is 14.2. The van der Waals surface area contributed by atoms with Gasteiger partial charge < -0.3 is 0 Å². The van der Waals surface area contributed by atoms with Crippen molar-refractivity contribution in [3.05, 3.63) is 128 Å². The lowest BCUT2D eigenvalue weighted by atomic mass is 9.12. The molecular formula is C45H33BF24N2S. The summed E-state index contributed by atoms with van der Waals surface area (Å²) in [6.07, 6.45) is -44.8. The molecule has 0 aliphatic carbocycles. The summed E-state index contributed by atoms with van der Waals surface area (Å²) in [6.45, 7) is 2.18. The van der Waals surface area contributed by atoms with E-state index in [9.17, 15) is 105 Å². The molecule has 2 nitrogen and oxygen atoms in total. The number of rotatable bonds is 11. The summed E-state index contributed by atoms with van der Waals surface area (Å²) in [4.78, 5) is 0. The van der Waals surface area contributed by atoms with Gasteiger partial charge in [-0.15, -0.1) is 0 Å². The zero-order valence-electron chi connectivity index (χ0n) is 37.1. The van der Waals surface area contributed by atoms with Gasteiger partial charge >= 0.3 is 49.4 Å². The maximum Gasteiger partial charge on any atom is 0.416 e. The summed E-state index contributed by atoms with van der Waals surface area (Å²) >= 11 is 0. The molecule has 0 aliphatic rings. The zero-order valence-corrected chi connectivity index (χ0v) is 37.9. The van der Waals surface area contributed by atoms with E-state index in [1.807, 2.05) is 12.1 Å². The highest BCUT2D eigenvalue weighted by Crippen LogP contribution is 2.41. The first-order valence-electron chi connectivity index (χ1n) is 20.3. The highest BCUT2D eigenvalue weighted by Gasteiger charge is 2.47. The number of benzene rings is 4. The van der Waals surface area contributed by atoms with E-state index in [1.54, 1.807) is 0 Å². The Morgan fingerprint density at radius 3 is 0.767 bits per heavy atom. The normalized spacial score (nSPS) is 13.3. The van der Waals surface area contributed by atoms with Crippen LogP contribution in [0.25, 0.3) is 0 Å². The number of hydrogen-bond donors (Lipinski definition) is 0. The van der Waals surface area contributed by atoms with Gasteiger partial charge in [-0.05, 0) is 48.0 Å². The van der Waals surface area contributed by atoms with Crippen molar-refractivity contribution in [3.63, 3.8) is 0 Å². The van der Waals surface area contributed by atoms with Gasteiger partial charge in [-0.3, -0.25) is 0 Å². The first-order chi connectivity index (χ1) is 32.9. The van der Waals surface area contributed by atoms with E-state index in [0.29, 0.717) is 5.57 Å². The van der Waals surface area contributed by atoms with E-state index in [0.717, 1.165) is 24.2 Å². The Bertz CT molecular complexity index is 2250. The van der Waals surface area contributed by atoms with Crippen LogP contribution in [0, 0.1) is 22.7 Å². The first kappa shape index (κ1) is 61.6. The van der Waals surface area contributed by atoms with Crippen molar-refractivity contribution < 1.29 is 105 Å². The summed E-state index contributed by atoms with van der Waals surface area (Å²) in [5, 5.41) is 17.8. The third-order valence-corrected chi connectivity index (χ3v) is 11.7. The smallest absolute Gasteiger partial charge is 0.194 e. The highest BCUT2D eigenvalue weighted by atomic mass is 32.2. The number of unbranched alkanes of at least 4 members (excludes halogenated alkanes) is 3. The Labute approximate surface area is 401 Å². The average Bonchev–Trinajstić information content (AvgIpc) is 3.23. The van der Waals surface area contributed by atoms with Crippen LogP contribution in [-0.4, -0.2) is 24.4 Å². The minimum Gasteiger partial charge on any atom is -0.194 e. The number of nitrogens with zero attached hydrogens (tertiary/aromatic N) is 2. The largest absolute Gasteiger partial charge is 0.416 e. The van der Waals surface area contributed by atoms with Crippen molar-refractivity contribution in [2.45, 2.75) is 88.4 Å². The molecule has 0 fully saturated rings. The zero-order chi connectivity index (χ0) is 56.3. The van der Waals surface area contributed by atoms with E-state index in [2.05, 4.69) is 19.4 Å². The summed E-state index contributed by atoms with van der Waals surface area (Å²) in [5.41, 5.74) is -28.8. The molecule has 0 bridgehead atoms. The molecule has 0 radical (unpaired) electrons. The number of hydrogen-bond acceptors (Lipinski definition) is 2. The van der Waals surface area contributed by atoms with Gasteiger partial charge in [0, 0.05) is 5.57 Å². The molecule has 0 heterocycles. The van der Waals surface area contributed by atoms with Gasteiger partial charge in [0.25, 0.3) is 0 Å². The summed E-state index contributed by atoms with van der Waals surface area (Å²) < 4.78 is 341. The van der Waals surface area contributed by atoms with E-state index in [-0.39, 0.29) is 10.9 Å². The fourth-order valence-corrected chi connectivity index (χ4v) is 8.62. The molecule has 0 N–H and O–H groups in total. The van der Waals surface area contributed by atoms with Crippen molar-refractivity contribution in [1.82, 2.24) is 0 Å². The van der Waals surface area contributed by atoms with E-state index >= 15 is 0 Å². The van der Waals surface area contributed by atoms with Crippen LogP contribution in [0.2, 0.25) is 0 Å². The minimum absolute atomic E-state index is 0.263. The number of allylic oxidation sites excluding steroid dienone is 1. The van der Waals surface area contributed by atoms with Crippen LogP contribution in [-0.2, 0) is 60.3 Å². The van der Waals surface area contributed by atoms with Crippen LogP contribution >= 0.6 is 0 Å². The molecule has 0 unspecified atom stereocenters. The van der Waals surface area contributed by atoms with Crippen molar-refractivity contribution in [1.29, 1.82) is 10.5 Å². The molecule has 73 heavy (non-hydrogen) atoms. The second-order valence-corrected chi connectivity index (χ2v) is 18.6. The van der Waals surface area contributed by atoms with Crippen LogP contribution in [0.3, 0.4) is 0 Å². The quantitative estimate of drug-likeness (QED) is 0.0494. The molecule has 400 valence electrons. The highest BCUT2D eigenvalue weighted by molar-refractivity contribution is 7.95. The second-order valence-electron chi connectivity index (χ2n) is 16.4. The Balaban J connectivity index is 0.000000752. The molecule has 0 amide bonds. The molecule has 4 rings (SSSR count). The molecule has 0 spiro atoms. The van der Waals surface area contributed by atoms with Gasteiger partial charge in [0.05, 0.1) is 57.0 Å². The maximum atomic E-state index is 14.2. The Morgan fingerprint density at radius 2 is 0.603 bits per heavy atom. The standard InChI is InChI=1S/C32H12BF24.C13H21N2S/c34-25(35,36)13-1-14(26(37,38)39)6-21(5-13)33(22-7-15(27(40,41)42)2-16(8-22)28(43,44)45,23-9-17(29(46,47)48)3-18(10-23)30(49,50)51)24-11-19(31(52,53)54)4-20(12-24)32(55,56)57;1-4-5-6-7-8-12(11-16(2)3)13(9-14)10-15/h1-12H;4-8,11H2,1-3H3/q-1;+1. The lowest BCUT2D eigenvalue weighted by Gasteiger charge is -2.46. The van der Waals surface area contributed by atoms with Crippen LogP contribution in [0.15, 0.2) is 83.9 Å². The van der Waals surface area contributed by atoms with Crippen molar-refractivity contribution >= 4 is 38.9 Å². The van der Waals surface area contributed by atoms with E-state index < -0.39 is 195 Å². The van der Waals surface area contributed by atoms with Crippen molar-refractivity contribution in [2.24, 2.45) is 0 Å². The van der Waals surface area contributed by atoms with Gasteiger partial charge in [-0.2, -0.15) is 138 Å². The van der Waals surface area contributed by atoms with Gasteiger partial charge in [0.15, 0.2) is 0 Å². The summed E-state index contributed by atoms with van der Waals surface area (Å²) in [7, 11) is 0.263. The SMILES string of the molecule is CCCCCCC(C[S+](C)C)=C(C#N)C#N.FC(F)(F)c1cc([B-](c2cc(C(F)(F)F)cc(C(F)(F)F)c2)(c2cc(C(F)(F)F)cc(C(F)(F)F)c2)c2cc(C(F)(F)F)cc(C(F)(F)F)c2)cc(C(F)(F)F)c1. The molecule has 28 heteroatoms. The fourth-order valence-electron chi connectivity index (χ4n) is 7.64. The predicted molar refractivity (Wildman–Crippen MR) is 221 cm³/mol. The molecule has 0 saturated heterocycles. The van der Waals surface area contributed by atoms with Crippen LogP contribution in [0.1, 0.15) is 83.5 Å². The third kappa shape index (κ3) is 15.7. The molecular weight excluding hydrogens is 1070 g/mol. The van der Waals surface area contributed by atoms with Crippen molar-refractivity contribution in [3.8, 4) is 12.1 Å². The van der Waals surface area contributed by atoms with Crippen molar-refractivity contribution in [2.75, 3.05) is 18.3 Å². The fraction of sp³-hybridized carbons (Fsp3) is 0.378. The third-order valence-electron chi connectivity index (χ3n) is 10.8. The van der Waals surface area contributed by atoms with E-state index in [4.69, 9.17) is 10.5 Å². The first-order valence-corrected chi connectivity index (χ1v) is 22.5. The van der Waals surface area contributed by atoms with Crippen LogP contribution < -0.4 is 21.9 Å². The average molecular weight is 1100 g/mol. The molecule has 0 aliphatic heterocycles. The number of halogens is 24. The lowest BCUT2D eigenvalue weighted by Crippen LogP contribution is -2.75. The predicted octanol–water partition coefficient (Wildman–Crippen LogP) is 14.4. The topological polar surface area (TPSA) is 47.6 Å². The number of alkyl halides is 24.